The van der Waals surface area contributed by atoms with E-state index in [9.17, 15) is 22.2 Å². The van der Waals surface area contributed by atoms with Gasteiger partial charge in [-0.3, -0.25) is 4.79 Å². The molecule has 6 nitrogen and oxygen atoms in total. The molecule has 0 aromatic heterocycles. The van der Waals surface area contributed by atoms with Gasteiger partial charge in [-0.15, -0.1) is 0 Å². The minimum Gasteiger partial charge on any atom is -0.748 e. The minimum atomic E-state index is -4.23. The molecule has 0 spiro atoms. The molecule has 1 aliphatic heterocycles. The molecule has 1 unspecified atom stereocenters. The summed E-state index contributed by atoms with van der Waals surface area (Å²) in [5.74, 6) is -1.48. The van der Waals surface area contributed by atoms with Gasteiger partial charge in [0.1, 0.15) is 6.54 Å². The van der Waals surface area contributed by atoms with Crippen LogP contribution in [0, 0.1) is 12.7 Å². The number of aryl methyl sites for hydroxylation is 1. The van der Waals surface area contributed by atoms with E-state index in [-0.39, 0.29) is 24.4 Å². The Hall–Kier alpha value is -1.80. The molecule has 1 N–H and O–H groups in total. The Balaban J connectivity index is 2.22. The second-order valence-corrected chi connectivity index (χ2v) is 9.66. The largest absolute Gasteiger partial charge is 0.748 e. The van der Waals surface area contributed by atoms with Gasteiger partial charge >= 0.3 is 5.97 Å². The molecule has 0 saturated carbocycles. The first kappa shape index (κ1) is 23.5. The van der Waals surface area contributed by atoms with Gasteiger partial charge in [-0.1, -0.05) is 6.42 Å². The molecule has 0 bridgehead atoms. The lowest BCUT2D eigenvalue weighted by atomic mass is 9.75. The third-order valence-corrected chi connectivity index (χ3v) is 6.66. The third kappa shape index (κ3) is 5.85. The smallest absolute Gasteiger partial charge is 0.303 e. The number of benzene rings is 1. The van der Waals surface area contributed by atoms with Crippen LogP contribution >= 0.6 is 0 Å². The quantitative estimate of drug-likeness (QED) is 0.328. The summed E-state index contributed by atoms with van der Waals surface area (Å²) >= 11 is 0. The number of unbranched alkanes of at least 4 members (excludes halogenated alkanes) is 3. The normalized spacial score (nSPS) is 18.9. The van der Waals surface area contributed by atoms with Gasteiger partial charge in [0.05, 0.1) is 15.5 Å². The van der Waals surface area contributed by atoms with Crippen LogP contribution in [-0.4, -0.2) is 46.6 Å². The molecule has 1 aromatic carbocycles. The molecule has 0 saturated heterocycles. The van der Waals surface area contributed by atoms with Crippen molar-refractivity contribution in [2.45, 2.75) is 71.1 Å². The molecular formula is C21H30FNO5S. The van der Waals surface area contributed by atoms with E-state index in [1.54, 1.807) is 0 Å². The molecule has 2 rings (SSSR count). The lowest BCUT2D eigenvalue weighted by molar-refractivity contribution is -0.442. The summed E-state index contributed by atoms with van der Waals surface area (Å²) in [7, 11) is -4.23. The zero-order chi connectivity index (χ0) is 21.8. The molecular weight excluding hydrogens is 397 g/mol. The Morgan fingerprint density at radius 2 is 1.86 bits per heavy atom. The van der Waals surface area contributed by atoms with Crippen LogP contribution in [0.25, 0.3) is 0 Å². The molecule has 0 amide bonds. The summed E-state index contributed by atoms with van der Waals surface area (Å²) in [5, 5.41) is 8.76. The fraction of sp³-hybridized carbons (Fsp3) is 0.619. The maximum absolute atomic E-state index is 14.9. The van der Waals surface area contributed by atoms with Gasteiger partial charge in [-0.05, 0) is 57.2 Å². The van der Waals surface area contributed by atoms with Crippen LogP contribution in [0.1, 0.15) is 69.9 Å². The van der Waals surface area contributed by atoms with Gasteiger partial charge in [0.15, 0.2) is 11.5 Å². The Labute approximate surface area is 172 Å². The highest BCUT2D eigenvalue weighted by Crippen LogP contribution is 2.44. The number of hydrogen-bond acceptors (Lipinski definition) is 4. The van der Waals surface area contributed by atoms with E-state index in [4.69, 9.17) is 5.11 Å². The summed E-state index contributed by atoms with van der Waals surface area (Å²) in [6.45, 7) is 6.45. The molecule has 1 aliphatic rings. The van der Waals surface area contributed by atoms with Crippen LogP contribution in [0.15, 0.2) is 12.1 Å². The van der Waals surface area contributed by atoms with E-state index < -0.39 is 21.5 Å². The Kier molecular flexibility index (Phi) is 7.56. The first-order valence-corrected chi connectivity index (χ1v) is 11.6. The maximum Gasteiger partial charge on any atom is 0.303 e. The average Bonchev–Trinajstić information content (AvgIpc) is 2.80. The van der Waals surface area contributed by atoms with Crippen molar-refractivity contribution < 1.29 is 31.8 Å². The number of halogens is 1. The number of carbonyl (C=O) groups is 1. The summed E-state index contributed by atoms with van der Waals surface area (Å²) in [6.07, 6.45) is 3.68. The number of nitrogens with zero attached hydrogens (tertiary/aromatic N) is 1. The predicted octanol–water partition coefficient (Wildman–Crippen LogP) is 3.87. The molecule has 8 heteroatoms. The standard InChI is InChI=1S/C21H30FNO5S/c1-15-13-17-20(18(22)14-15)23(11-7-4-5-9-19(24)25)16(2)21(17,3)10-6-8-12-29(26,27)28/h13-14H,4-12H2,1-3H3,(H-,24,25,26,27,28). The number of hydrogen-bond donors (Lipinski definition) is 1. The number of carboxylic acid groups (broad SMARTS) is 1. The van der Waals surface area contributed by atoms with Crippen molar-refractivity contribution in [3.8, 4) is 0 Å². The van der Waals surface area contributed by atoms with Crippen LogP contribution < -0.4 is 0 Å². The van der Waals surface area contributed by atoms with E-state index in [1.165, 1.54) is 6.07 Å². The van der Waals surface area contributed by atoms with E-state index in [1.807, 2.05) is 31.4 Å². The van der Waals surface area contributed by atoms with Gasteiger partial charge in [0.2, 0.25) is 5.69 Å². The molecule has 0 fully saturated rings. The zero-order valence-corrected chi connectivity index (χ0v) is 18.1. The summed E-state index contributed by atoms with van der Waals surface area (Å²) < 4.78 is 49.5. The molecule has 1 atom stereocenters. The van der Waals surface area contributed by atoms with Crippen molar-refractivity contribution in [1.29, 1.82) is 0 Å². The number of carboxylic acids is 1. The molecule has 29 heavy (non-hydrogen) atoms. The first-order valence-electron chi connectivity index (χ1n) is 10.0. The van der Waals surface area contributed by atoms with Crippen LogP contribution in [0.5, 0.6) is 0 Å². The van der Waals surface area contributed by atoms with Crippen molar-refractivity contribution >= 4 is 27.5 Å². The molecule has 1 heterocycles. The Morgan fingerprint density at radius 1 is 1.17 bits per heavy atom. The summed E-state index contributed by atoms with van der Waals surface area (Å²) in [5.41, 5.74) is 2.84. The van der Waals surface area contributed by atoms with E-state index >= 15 is 0 Å². The van der Waals surface area contributed by atoms with Gasteiger partial charge in [0.25, 0.3) is 0 Å². The van der Waals surface area contributed by atoms with Gasteiger partial charge in [-0.2, -0.15) is 8.97 Å². The van der Waals surface area contributed by atoms with E-state index in [2.05, 4.69) is 0 Å². The second kappa shape index (κ2) is 9.34. The summed E-state index contributed by atoms with van der Waals surface area (Å²) in [6, 6.07) is 3.50. The van der Waals surface area contributed by atoms with Gasteiger partial charge in [-0.25, -0.2) is 8.42 Å². The van der Waals surface area contributed by atoms with Gasteiger partial charge in [0, 0.05) is 31.1 Å². The van der Waals surface area contributed by atoms with Crippen LogP contribution in [-0.2, 0) is 20.3 Å². The van der Waals surface area contributed by atoms with Crippen LogP contribution in [0.4, 0.5) is 10.1 Å². The lowest BCUT2D eigenvalue weighted by Crippen LogP contribution is -2.30. The van der Waals surface area contributed by atoms with Crippen molar-refractivity contribution in [2.24, 2.45) is 0 Å². The minimum absolute atomic E-state index is 0.132. The van der Waals surface area contributed by atoms with Crippen molar-refractivity contribution in [3.05, 3.63) is 29.1 Å². The highest BCUT2D eigenvalue weighted by atomic mass is 32.2. The number of aliphatic carboxylic acids is 1. The fourth-order valence-corrected chi connectivity index (χ4v) is 4.72. The highest BCUT2D eigenvalue weighted by molar-refractivity contribution is 7.85. The number of rotatable bonds is 11. The van der Waals surface area contributed by atoms with Crippen molar-refractivity contribution in [2.75, 3.05) is 12.3 Å². The Morgan fingerprint density at radius 3 is 2.48 bits per heavy atom. The average molecular weight is 428 g/mol. The van der Waals surface area contributed by atoms with Crippen LogP contribution in [0.2, 0.25) is 0 Å². The summed E-state index contributed by atoms with van der Waals surface area (Å²) in [4.78, 5) is 10.7. The Bertz CT molecular complexity index is 910. The van der Waals surface area contributed by atoms with E-state index in [0.29, 0.717) is 31.5 Å². The van der Waals surface area contributed by atoms with Crippen molar-refractivity contribution in [1.82, 2.24) is 0 Å². The topological polar surface area (TPSA) is 97.5 Å². The first-order chi connectivity index (χ1) is 13.5. The predicted molar refractivity (Wildman–Crippen MR) is 108 cm³/mol. The van der Waals surface area contributed by atoms with Crippen molar-refractivity contribution in [3.63, 3.8) is 0 Å². The molecule has 0 aliphatic carbocycles. The SMILES string of the molecule is CC1=[N+](CCCCCC(=O)O)c2c(F)cc(C)cc2C1(C)CCCCS(=O)(=O)[O-]. The zero-order valence-electron chi connectivity index (χ0n) is 17.3. The van der Waals surface area contributed by atoms with E-state index in [0.717, 1.165) is 29.7 Å². The monoisotopic (exact) mass is 427 g/mol. The fourth-order valence-electron chi connectivity index (χ4n) is 4.17. The highest BCUT2D eigenvalue weighted by Gasteiger charge is 2.47. The lowest BCUT2D eigenvalue weighted by Gasteiger charge is -2.22. The number of fused-ring (bicyclic) bond motifs is 1. The van der Waals surface area contributed by atoms with Crippen LogP contribution in [0.3, 0.4) is 0 Å². The third-order valence-electron chi connectivity index (χ3n) is 5.87. The second-order valence-electron chi connectivity index (χ2n) is 8.14. The molecule has 0 radical (unpaired) electrons. The van der Waals surface area contributed by atoms with Gasteiger partial charge < -0.3 is 9.66 Å². The molecule has 162 valence electrons. The molecule has 1 aromatic rings. The maximum atomic E-state index is 14.9.